The molecule has 1 rings (SSSR count). The highest BCUT2D eigenvalue weighted by molar-refractivity contribution is 4.83. The van der Waals surface area contributed by atoms with Crippen molar-refractivity contribution in [1.82, 2.24) is 10.2 Å². The van der Waals surface area contributed by atoms with E-state index < -0.39 is 0 Å². The molecule has 2 atom stereocenters. The second-order valence-electron chi connectivity index (χ2n) is 5.62. The number of rotatable bonds is 5. The average Bonchev–Trinajstić information content (AvgIpc) is 2.12. The average molecular weight is 230 g/mol. The smallest absolute Gasteiger partial charge is 0.0791 e. The van der Waals surface area contributed by atoms with Crippen molar-refractivity contribution in [3.05, 3.63) is 0 Å². The van der Waals surface area contributed by atoms with E-state index in [1.165, 1.54) is 0 Å². The van der Waals surface area contributed by atoms with Crippen LogP contribution >= 0.6 is 0 Å². The van der Waals surface area contributed by atoms with Crippen molar-refractivity contribution in [2.24, 2.45) is 0 Å². The molecule has 1 heterocycles. The summed E-state index contributed by atoms with van der Waals surface area (Å²) >= 11 is 0. The minimum Gasteiger partial charge on any atom is -0.390 e. The third kappa shape index (κ3) is 5.25. The molecule has 16 heavy (non-hydrogen) atoms. The first-order valence-corrected chi connectivity index (χ1v) is 6.09. The van der Waals surface area contributed by atoms with Crippen LogP contribution in [0.5, 0.6) is 0 Å². The number of hydrogen-bond donors (Lipinski definition) is 2. The lowest BCUT2D eigenvalue weighted by Crippen LogP contribution is -2.46. The van der Waals surface area contributed by atoms with Crippen LogP contribution in [0.2, 0.25) is 0 Å². The maximum absolute atomic E-state index is 9.74. The number of nitrogens with zero attached hydrogens (tertiary/aromatic N) is 1. The predicted octanol–water partition coefficient (Wildman–Crippen LogP) is 0.456. The summed E-state index contributed by atoms with van der Waals surface area (Å²) in [7, 11) is 3.95. The molecule has 1 aliphatic heterocycles. The zero-order valence-electron chi connectivity index (χ0n) is 11.0. The van der Waals surface area contributed by atoms with E-state index in [1.54, 1.807) is 0 Å². The summed E-state index contributed by atoms with van der Waals surface area (Å²) in [6.45, 7) is 6.43. The Hall–Kier alpha value is -0.160. The van der Waals surface area contributed by atoms with Gasteiger partial charge in [-0.15, -0.1) is 0 Å². The molecule has 0 aromatic carbocycles. The molecule has 4 nitrogen and oxygen atoms in total. The summed E-state index contributed by atoms with van der Waals surface area (Å²) in [5.74, 6) is 0. The Morgan fingerprint density at radius 3 is 2.75 bits per heavy atom. The number of hydrogen-bond acceptors (Lipinski definition) is 4. The van der Waals surface area contributed by atoms with E-state index in [0.717, 1.165) is 19.4 Å². The van der Waals surface area contributed by atoms with E-state index in [9.17, 15) is 5.11 Å². The maximum atomic E-state index is 9.74. The Bertz CT molecular complexity index is 207. The molecular weight excluding hydrogens is 204 g/mol. The van der Waals surface area contributed by atoms with Gasteiger partial charge in [-0.2, -0.15) is 0 Å². The Kier molecular flexibility index (Phi) is 5.18. The number of likely N-dealkylation sites (N-methyl/N-ethyl adjacent to an activating group) is 1. The van der Waals surface area contributed by atoms with Gasteiger partial charge in [0.1, 0.15) is 0 Å². The molecule has 4 heteroatoms. The fourth-order valence-electron chi connectivity index (χ4n) is 2.19. The van der Waals surface area contributed by atoms with Gasteiger partial charge in [0.2, 0.25) is 0 Å². The first kappa shape index (κ1) is 13.9. The highest BCUT2D eigenvalue weighted by atomic mass is 16.5. The lowest BCUT2D eigenvalue weighted by Gasteiger charge is -2.36. The monoisotopic (exact) mass is 230 g/mol. The van der Waals surface area contributed by atoms with Gasteiger partial charge >= 0.3 is 0 Å². The van der Waals surface area contributed by atoms with Crippen LogP contribution in [0.15, 0.2) is 0 Å². The van der Waals surface area contributed by atoms with Crippen LogP contribution in [-0.2, 0) is 4.74 Å². The van der Waals surface area contributed by atoms with Crippen molar-refractivity contribution in [3.63, 3.8) is 0 Å². The van der Waals surface area contributed by atoms with Gasteiger partial charge in [0.25, 0.3) is 0 Å². The van der Waals surface area contributed by atoms with E-state index in [0.29, 0.717) is 19.1 Å². The minimum absolute atomic E-state index is 0.0254. The molecule has 0 aliphatic carbocycles. The fraction of sp³-hybridized carbons (Fsp3) is 1.00. The number of ether oxygens (including phenoxy) is 1. The topological polar surface area (TPSA) is 44.7 Å². The lowest BCUT2D eigenvalue weighted by molar-refractivity contribution is -0.0639. The molecule has 0 aromatic rings. The van der Waals surface area contributed by atoms with Crippen LogP contribution in [0.4, 0.5) is 0 Å². The van der Waals surface area contributed by atoms with Crippen molar-refractivity contribution >= 4 is 0 Å². The highest BCUT2D eigenvalue weighted by Crippen LogP contribution is 2.23. The van der Waals surface area contributed by atoms with Gasteiger partial charge in [-0.1, -0.05) is 0 Å². The van der Waals surface area contributed by atoms with Crippen LogP contribution in [0.3, 0.4) is 0 Å². The Morgan fingerprint density at radius 1 is 1.50 bits per heavy atom. The summed E-state index contributed by atoms with van der Waals surface area (Å²) in [4.78, 5) is 2.00. The molecule has 0 bridgehead atoms. The Balaban J connectivity index is 2.22. The molecule has 0 radical (unpaired) electrons. The number of aliphatic hydroxyl groups is 1. The zero-order valence-corrected chi connectivity index (χ0v) is 11.0. The number of aliphatic hydroxyl groups excluding tert-OH is 1. The molecule has 0 saturated carbocycles. The van der Waals surface area contributed by atoms with Crippen molar-refractivity contribution in [2.45, 2.75) is 44.4 Å². The van der Waals surface area contributed by atoms with Crippen molar-refractivity contribution in [1.29, 1.82) is 0 Å². The second kappa shape index (κ2) is 5.96. The molecule has 96 valence electrons. The Morgan fingerprint density at radius 2 is 2.19 bits per heavy atom. The predicted molar refractivity (Wildman–Crippen MR) is 65.6 cm³/mol. The first-order chi connectivity index (χ1) is 7.39. The third-order valence-corrected chi connectivity index (χ3v) is 2.92. The molecule has 0 aromatic heterocycles. The maximum Gasteiger partial charge on any atom is 0.0791 e. The van der Waals surface area contributed by atoms with Crippen molar-refractivity contribution < 1.29 is 9.84 Å². The third-order valence-electron chi connectivity index (χ3n) is 2.92. The van der Waals surface area contributed by atoms with Gasteiger partial charge in [0, 0.05) is 25.7 Å². The van der Waals surface area contributed by atoms with E-state index in [-0.39, 0.29) is 11.7 Å². The fourth-order valence-corrected chi connectivity index (χ4v) is 2.19. The zero-order chi connectivity index (χ0) is 12.2. The summed E-state index contributed by atoms with van der Waals surface area (Å²) in [6, 6.07) is 0.473. The van der Waals surface area contributed by atoms with Gasteiger partial charge in [-0.05, 0) is 40.8 Å². The molecule has 0 spiro atoms. The molecule has 0 amide bonds. The van der Waals surface area contributed by atoms with Gasteiger partial charge in [-0.3, -0.25) is 0 Å². The molecular formula is C12H26N2O2. The largest absolute Gasteiger partial charge is 0.390 e. The van der Waals surface area contributed by atoms with Gasteiger partial charge in [0.05, 0.1) is 11.7 Å². The van der Waals surface area contributed by atoms with Crippen molar-refractivity contribution in [2.75, 3.05) is 33.8 Å². The summed E-state index contributed by atoms with van der Waals surface area (Å²) in [5, 5.41) is 13.2. The van der Waals surface area contributed by atoms with E-state index in [2.05, 4.69) is 19.2 Å². The standard InChI is InChI=1S/C12H26N2O2/c1-12(2)7-10(5-6-16-12)13-8-11(15)9-14(3)4/h10-11,13,15H,5-9H2,1-4H3. The lowest BCUT2D eigenvalue weighted by atomic mass is 9.94. The normalized spacial score (nSPS) is 27.0. The van der Waals surface area contributed by atoms with Crippen molar-refractivity contribution in [3.8, 4) is 0 Å². The minimum atomic E-state index is -0.291. The van der Waals surface area contributed by atoms with E-state index in [1.807, 2.05) is 19.0 Å². The quantitative estimate of drug-likeness (QED) is 0.720. The molecule has 1 fully saturated rings. The van der Waals surface area contributed by atoms with E-state index in [4.69, 9.17) is 4.74 Å². The molecule has 1 aliphatic rings. The van der Waals surface area contributed by atoms with Gasteiger partial charge in [-0.25, -0.2) is 0 Å². The second-order valence-corrected chi connectivity index (χ2v) is 5.62. The molecule has 2 unspecified atom stereocenters. The first-order valence-electron chi connectivity index (χ1n) is 6.09. The summed E-state index contributed by atoms with van der Waals surface area (Å²) < 4.78 is 5.66. The van der Waals surface area contributed by atoms with Crippen LogP contribution in [0, 0.1) is 0 Å². The van der Waals surface area contributed by atoms with Crippen LogP contribution < -0.4 is 5.32 Å². The molecule has 1 saturated heterocycles. The van der Waals surface area contributed by atoms with Gasteiger partial charge < -0.3 is 20.1 Å². The summed E-state index contributed by atoms with van der Waals surface area (Å²) in [5.41, 5.74) is -0.0254. The van der Waals surface area contributed by atoms with Crippen LogP contribution in [-0.4, -0.2) is 61.5 Å². The SMILES string of the molecule is CN(C)CC(O)CNC1CCOC(C)(C)C1. The summed E-state index contributed by atoms with van der Waals surface area (Å²) in [6.07, 6.45) is 1.76. The molecule has 2 N–H and O–H groups in total. The van der Waals surface area contributed by atoms with Crippen LogP contribution in [0.25, 0.3) is 0 Å². The van der Waals surface area contributed by atoms with E-state index >= 15 is 0 Å². The van der Waals surface area contributed by atoms with Crippen LogP contribution in [0.1, 0.15) is 26.7 Å². The number of nitrogens with one attached hydrogen (secondary N) is 1. The van der Waals surface area contributed by atoms with Gasteiger partial charge in [0.15, 0.2) is 0 Å². The Labute approximate surface area is 99.0 Å². The highest BCUT2D eigenvalue weighted by Gasteiger charge is 2.28.